The molecule has 2 rings (SSSR count). The first kappa shape index (κ1) is 11.0. The van der Waals surface area contributed by atoms with Crippen molar-refractivity contribution in [2.75, 3.05) is 7.11 Å². The summed E-state index contributed by atoms with van der Waals surface area (Å²) < 4.78 is 10.5. The molecule has 0 fully saturated rings. The third-order valence-corrected chi connectivity index (χ3v) is 2.36. The number of aldehydes is 1. The highest BCUT2D eigenvalue weighted by molar-refractivity contribution is 5.77. The summed E-state index contributed by atoms with van der Waals surface area (Å²) in [5.41, 5.74) is 1.00. The number of hydrogen-bond donors (Lipinski definition) is 0. The van der Waals surface area contributed by atoms with Crippen LogP contribution in [0.4, 0.5) is 0 Å². The largest absolute Gasteiger partial charge is 0.496 e. The van der Waals surface area contributed by atoms with Crippen LogP contribution in [0.25, 0.3) is 11.3 Å². The molecule has 0 aliphatic carbocycles. The predicted octanol–water partition coefficient (Wildman–Crippen LogP) is 2.64. The first-order chi connectivity index (χ1) is 8.30. The summed E-state index contributed by atoms with van der Waals surface area (Å²) in [7, 11) is 1.52. The van der Waals surface area contributed by atoms with Crippen molar-refractivity contribution < 1.29 is 13.9 Å². The van der Waals surface area contributed by atoms with Gasteiger partial charge in [-0.3, -0.25) is 4.79 Å². The highest BCUT2D eigenvalue weighted by Gasteiger charge is 2.14. The average Bonchev–Trinajstić information content (AvgIpc) is 2.86. The average molecular weight is 227 g/mol. The second-order valence-electron chi connectivity index (χ2n) is 3.31. The summed E-state index contributed by atoms with van der Waals surface area (Å²) in [6.07, 6.45) is 0.616. The van der Waals surface area contributed by atoms with Crippen LogP contribution < -0.4 is 4.74 Å². The highest BCUT2D eigenvalue weighted by Crippen LogP contribution is 2.33. The minimum absolute atomic E-state index is 0.217. The van der Waals surface area contributed by atoms with E-state index in [-0.39, 0.29) is 5.76 Å². The lowest BCUT2D eigenvalue weighted by Crippen LogP contribution is -1.90. The Balaban J connectivity index is 2.64. The van der Waals surface area contributed by atoms with Crippen LogP contribution in [0.2, 0.25) is 0 Å². The summed E-state index contributed by atoms with van der Waals surface area (Å²) >= 11 is 0. The van der Waals surface area contributed by atoms with Crippen LogP contribution in [-0.4, -0.2) is 13.4 Å². The van der Waals surface area contributed by atoms with Crippen LogP contribution >= 0.6 is 0 Å². The molecule has 0 unspecified atom stereocenters. The van der Waals surface area contributed by atoms with Gasteiger partial charge in [0.15, 0.2) is 12.0 Å². The van der Waals surface area contributed by atoms with Crippen molar-refractivity contribution in [3.63, 3.8) is 0 Å². The van der Waals surface area contributed by atoms with Gasteiger partial charge in [-0.1, -0.05) is 6.07 Å². The van der Waals surface area contributed by atoms with Crippen LogP contribution in [0.15, 0.2) is 34.7 Å². The van der Waals surface area contributed by atoms with E-state index in [1.54, 1.807) is 30.3 Å². The topological polar surface area (TPSA) is 63.2 Å². The van der Waals surface area contributed by atoms with Gasteiger partial charge in [0.2, 0.25) is 0 Å². The maximum Gasteiger partial charge on any atom is 0.185 e. The molecule has 84 valence electrons. The number of benzene rings is 1. The zero-order chi connectivity index (χ0) is 12.3. The second kappa shape index (κ2) is 4.54. The van der Waals surface area contributed by atoms with Crippen molar-refractivity contribution in [2.45, 2.75) is 0 Å². The van der Waals surface area contributed by atoms with Gasteiger partial charge in [-0.05, 0) is 24.3 Å². The molecule has 0 aliphatic heterocycles. The Morgan fingerprint density at radius 2 is 2.18 bits per heavy atom. The fourth-order valence-corrected chi connectivity index (χ4v) is 1.60. The maximum atomic E-state index is 10.6. The number of hydrogen-bond acceptors (Lipinski definition) is 4. The van der Waals surface area contributed by atoms with Crippen LogP contribution in [0, 0.1) is 11.3 Å². The van der Waals surface area contributed by atoms with Crippen molar-refractivity contribution in [2.24, 2.45) is 0 Å². The molecule has 0 bridgehead atoms. The molecule has 4 heteroatoms. The van der Waals surface area contributed by atoms with Gasteiger partial charge in [-0.25, -0.2) is 0 Å². The summed E-state index contributed by atoms with van der Waals surface area (Å²) in [4.78, 5) is 10.6. The van der Waals surface area contributed by atoms with E-state index >= 15 is 0 Å². The molecule has 0 spiro atoms. The summed E-state index contributed by atoms with van der Waals surface area (Å²) in [5, 5.41) is 9.05. The normalized spacial score (nSPS) is 9.65. The number of rotatable bonds is 3. The Bertz CT molecular complexity index is 593. The Morgan fingerprint density at radius 1 is 1.35 bits per heavy atom. The molecule has 0 amide bonds. The van der Waals surface area contributed by atoms with E-state index in [4.69, 9.17) is 14.4 Å². The lowest BCUT2D eigenvalue weighted by atomic mass is 10.1. The van der Waals surface area contributed by atoms with Crippen molar-refractivity contribution in [3.05, 3.63) is 41.7 Å². The number of carbonyl (C=O) groups excluding carboxylic acids is 1. The van der Waals surface area contributed by atoms with E-state index < -0.39 is 0 Å². The highest BCUT2D eigenvalue weighted by atomic mass is 16.5. The molecular formula is C13H9NO3. The standard InChI is InChI=1S/C13H9NO3/c1-16-11-4-2-3-9(7-14)13(11)12-6-5-10(8-15)17-12/h2-6,8H,1H3. The maximum absolute atomic E-state index is 10.6. The number of methoxy groups -OCH3 is 1. The van der Waals surface area contributed by atoms with Gasteiger partial charge in [-0.15, -0.1) is 0 Å². The van der Waals surface area contributed by atoms with Gasteiger partial charge in [-0.2, -0.15) is 5.26 Å². The van der Waals surface area contributed by atoms with Gasteiger partial charge in [0.05, 0.1) is 18.2 Å². The molecule has 1 aromatic heterocycles. The molecule has 0 N–H and O–H groups in total. The zero-order valence-corrected chi connectivity index (χ0v) is 9.14. The van der Waals surface area contributed by atoms with E-state index in [1.807, 2.05) is 0 Å². The number of ether oxygens (including phenoxy) is 1. The minimum Gasteiger partial charge on any atom is -0.496 e. The van der Waals surface area contributed by atoms with Crippen LogP contribution in [-0.2, 0) is 0 Å². The Morgan fingerprint density at radius 3 is 2.76 bits per heavy atom. The van der Waals surface area contributed by atoms with E-state index in [1.165, 1.54) is 7.11 Å². The van der Waals surface area contributed by atoms with Crippen LogP contribution in [0.1, 0.15) is 16.1 Å². The third kappa shape index (κ3) is 1.91. The van der Waals surface area contributed by atoms with Crippen LogP contribution in [0.3, 0.4) is 0 Å². The van der Waals surface area contributed by atoms with Crippen molar-refractivity contribution in [3.8, 4) is 23.1 Å². The van der Waals surface area contributed by atoms with Crippen LogP contribution in [0.5, 0.6) is 5.75 Å². The first-order valence-corrected chi connectivity index (χ1v) is 4.92. The summed E-state index contributed by atoms with van der Waals surface area (Å²) in [6, 6.07) is 10.4. The smallest absolute Gasteiger partial charge is 0.185 e. The number of nitrogens with zero attached hydrogens (tertiary/aromatic N) is 1. The first-order valence-electron chi connectivity index (χ1n) is 4.92. The molecule has 1 heterocycles. The Labute approximate surface area is 98.0 Å². The molecule has 0 saturated heterocycles. The SMILES string of the molecule is COc1cccc(C#N)c1-c1ccc(C=O)o1. The number of furan rings is 1. The predicted molar refractivity (Wildman–Crippen MR) is 60.8 cm³/mol. The quantitative estimate of drug-likeness (QED) is 0.756. The third-order valence-electron chi connectivity index (χ3n) is 2.36. The molecule has 0 atom stereocenters. The molecule has 17 heavy (non-hydrogen) atoms. The number of nitriles is 1. The van der Waals surface area contributed by atoms with E-state index in [0.29, 0.717) is 28.9 Å². The molecule has 0 radical (unpaired) electrons. The zero-order valence-electron chi connectivity index (χ0n) is 9.14. The van der Waals surface area contributed by atoms with Crippen molar-refractivity contribution in [1.29, 1.82) is 5.26 Å². The fraction of sp³-hybridized carbons (Fsp3) is 0.0769. The lowest BCUT2D eigenvalue weighted by molar-refractivity contribution is 0.110. The monoisotopic (exact) mass is 227 g/mol. The van der Waals surface area contributed by atoms with Gasteiger partial charge in [0.1, 0.15) is 17.6 Å². The van der Waals surface area contributed by atoms with Gasteiger partial charge in [0.25, 0.3) is 0 Å². The van der Waals surface area contributed by atoms with E-state index in [2.05, 4.69) is 6.07 Å². The van der Waals surface area contributed by atoms with E-state index in [0.717, 1.165) is 0 Å². The number of carbonyl (C=O) groups is 1. The molecule has 0 aliphatic rings. The molecule has 0 saturated carbocycles. The van der Waals surface area contributed by atoms with Gasteiger partial charge in [0, 0.05) is 0 Å². The Kier molecular flexibility index (Phi) is 2.93. The Hall–Kier alpha value is -2.54. The lowest BCUT2D eigenvalue weighted by Gasteiger charge is -2.07. The van der Waals surface area contributed by atoms with Crippen molar-refractivity contribution in [1.82, 2.24) is 0 Å². The molecule has 1 aromatic carbocycles. The summed E-state index contributed by atoms with van der Waals surface area (Å²) in [6.45, 7) is 0. The molecule has 4 nitrogen and oxygen atoms in total. The summed E-state index contributed by atoms with van der Waals surface area (Å²) in [5.74, 6) is 1.20. The fourth-order valence-electron chi connectivity index (χ4n) is 1.60. The second-order valence-corrected chi connectivity index (χ2v) is 3.31. The molecular weight excluding hydrogens is 218 g/mol. The van der Waals surface area contributed by atoms with Gasteiger partial charge >= 0.3 is 0 Å². The minimum atomic E-state index is 0.217. The van der Waals surface area contributed by atoms with E-state index in [9.17, 15) is 4.79 Å². The van der Waals surface area contributed by atoms with Crippen molar-refractivity contribution >= 4 is 6.29 Å². The molecule has 2 aromatic rings. The van der Waals surface area contributed by atoms with Gasteiger partial charge < -0.3 is 9.15 Å².